The Hall–Kier alpha value is -1.39. The van der Waals surface area contributed by atoms with E-state index in [1.165, 1.54) is 5.56 Å². The van der Waals surface area contributed by atoms with Crippen molar-refractivity contribution in [2.45, 2.75) is 25.8 Å². The summed E-state index contributed by atoms with van der Waals surface area (Å²) in [7, 11) is 1.67. The predicted octanol–water partition coefficient (Wildman–Crippen LogP) is 4.14. The molecule has 0 saturated carbocycles. The Morgan fingerprint density at radius 2 is 2.14 bits per heavy atom. The van der Waals surface area contributed by atoms with E-state index >= 15 is 0 Å². The van der Waals surface area contributed by atoms with Gasteiger partial charge in [-0.1, -0.05) is 35.0 Å². The molecule has 1 heterocycles. The molecule has 0 aliphatic heterocycles. The number of aromatic nitrogens is 1. The molecule has 112 valence electrons. The van der Waals surface area contributed by atoms with Crippen molar-refractivity contribution in [3.05, 3.63) is 58.3 Å². The van der Waals surface area contributed by atoms with E-state index in [0.29, 0.717) is 0 Å². The maximum atomic E-state index is 5.28. The standard InChI is InChI=1S/C17H21BrN2O/c1-3-7-20-17(9-13-5-4-6-15(18)8-13)14-10-16(21-2)12-19-11-14/h4-6,8,10-12,17,20H,3,7,9H2,1-2H3. The molecule has 0 saturated heterocycles. The molecule has 4 heteroatoms. The second-order valence-electron chi connectivity index (χ2n) is 5.00. The van der Waals surface area contributed by atoms with Gasteiger partial charge in [-0.2, -0.15) is 0 Å². The lowest BCUT2D eigenvalue weighted by atomic mass is 10.00. The fourth-order valence-electron chi connectivity index (χ4n) is 2.26. The molecule has 1 aromatic carbocycles. The normalized spacial score (nSPS) is 12.1. The van der Waals surface area contributed by atoms with E-state index in [1.807, 2.05) is 12.3 Å². The molecular formula is C17H21BrN2O. The fraction of sp³-hybridized carbons (Fsp3) is 0.353. The zero-order valence-corrected chi connectivity index (χ0v) is 14.1. The predicted molar refractivity (Wildman–Crippen MR) is 89.7 cm³/mol. The first kappa shape index (κ1) is 16.0. The first-order chi connectivity index (χ1) is 10.2. The van der Waals surface area contributed by atoms with Crippen molar-refractivity contribution < 1.29 is 4.74 Å². The molecule has 21 heavy (non-hydrogen) atoms. The van der Waals surface area contributed by atoms with Gasteiger partial charge in [0.15, 0.2) is 0 Å². The van der Waals surface area contributed by atoms with Crippen LogP contribution in [0.3, 0.4) is 0 Å². The molecule has 0 aliphatic carbocycles. The molecule has 1 aromatic heterocycles. The summed E-state index contributed by atoms with van der Waals surface area (Å²) < 4.78 is 6.39. The summed E-state index contributed by atoms with van der Waals surface area (Å²) in [6.45, 7) is 3.16. The zero-order chi connectivity index (χ0) is 15.1. The average Bonchev–Trinajstić information content (AvgIpc) is 2.51. The third-order valence-corrected chi connectivity index (χ3v) is 3.84. The summed E-state index contributed by atoms with van der Waals surface area (Å²) in [5.41, 5.74) is 2.45. The fourth-order valence-corrected chi connectivity index (χ4v) is 2.71. The van der Waals surface area contributed by atoms with Crippen LogP contribution in [-0.2, 0) is 6.42 Å². The van der Waals surface area contributed by atoms with Gasteiger partial charge in [-0.3, -0.25) is 4.98 Å². The Balaban J connectivity index is 2.20. The van der Waals surface area contributed by atoms with E-state index in [4.69, 9.17) is 4.74 Å². The number of nitrogens with one attached hydrogen (secondary N) is 1. The van der Waals surface area contributed by atoms with Crippen LogP contribution in [0, 0.1) is 0 Å². The third-order valence-electron chi connectivity index (χ3n) is 3.34. The van der Waals surface area contributed by atoms with Crippen LogP contribution in [0.5, 0.6) is 5.75 Å². The van der Waals surface area contributed by atoms with Crippen molar-refractivity contribution in [2.24, 2.45) is 0 Å². The molecular weight excluding hydrogens is 328 g/mol. The molecule has 0 amide bonds. The van der Waals surface area contributed by atoms with E-state index in [1.54, 1.807) is 13.3 Å². The highest BCUT2D eigenvalue weighted by Gasteiger charge is 2.13. The molecule has 1 unspecified atom stereocenters. The van der Waals surface area contributed by atoms with E-state index < -0.39 is 0 Å². The summed E-state index contributed by atoms with van der Waals surface area (Å²) in [6, 6.07) is 10.7. The topological polar surface area (TPSA) is 34.2 Å². The SMILES string of the molecule is CCCNC(Cc1cccc(Br)c1)c1cncc(OC)c1. The number of nitrogens with zero attached hydrogens (tertiary/aromatic N) is 1. The van der Waals surface area contributed by atoms with Gasteiger partial charge in [-0.05, 0) is 48.7 Å². The minimum Gasteiger partial charge on any atom is -0.495 e. The van der Waals surface area contributed by atoms with Crippen LogP contribution >= 0.6 is 15.9 Å². The third kappa shape index (κ3) is 4.83. The van der Waals surface area contributed by atoms with Crippen LogP contribution in [-0.4, -0.2) is 18.6 Å². The van der Waals surface area contributed by atoms with E-state index in [9.17, 15) is 0 Å². The van der Waals surface area contributed by atoms with Gasteiger partial charge in [0.05, 0.1) is 13.3 Å². The maximum absolute atomic E-state index is 5.28. The van der Waals surface area contributed by atoms with Gasteiger partial charge in [0.25, 0.3) is 0 Å². The quantitative estimate of drug-likeness (QED) is 0.816. The maximum Gasteiger partial charge on any atom is 0.137 e. The number of hydrogen-bond donors (Lipinski definition) is 1. The largest absolute Gasteiger partial charge is 0.495 e. The minimum atomic E-state index is 0.238. The van der Waals surface area contributed by atoms with Crippen molar-refractivity contribution in [1.82, 2.24) is 10.3 Å². The zero-order valence-electron chi connectivity index (χ0n) is 12.5. The van der Waals surface area contributed by atoms with Gasteiger partial charge in [0.2, 0.25) is 0 Å². The van der Waals surface area contributed by atoms with Crippen LogP contribution in [0.25, 0.3) is 0 Å². The lowest BCUT2D eigenvalue weighted by Gasteiger charge is -2.19. The molecule has 1 N–H and O–H groups in total. The highest BCUT2D eigenvalue weighted by Crippen LogP contribution is 2.23. The summed E-state index contributed by atoms with van der Waals surface area (Å²) in [4.78, 5) is 4.27. The number of methoxy groups -OCH3 is 1. The number of ether oxygens (including phenoxy) is 1. The van der Waals surface area contributed by atoms with E-state index in [2.05, 4.69) is 57.4 Å². The summed E-state index contributed by atoms with van der Waals surface area (Å²) in [5, 5.41) is 3.59. The molecule has 0 aliphatic rings. The Morgan fingerprint density at radius 1 is 1.29 bits per heavy atom. The molecule has 0 radical (unpaired) electrons. The van der Waals surface area contributed by atoms with Gasteiger partial charge in [-0.15, -0.1) is 0 Å². The molecule has 2 aromatic rings. The monoisotopic (exact) mass is 348 g/mol. The second-order valence-corrected chi connectivity index (χ2v) is 5.91. The van der Waals surface area contributed by atoms with Crippen LogP contribution in [0.4, 0.5) is 0 Å². The molecule has 2 rings (SSSR count). The molecule has 0 bridgehead atoms. The summed E-state index contributed by atoms with van der Waals surface area (Å²) >= 11 is 3.53. The Bertz CT molecular complexity index is 574. The van der Waals surface area contributed by atoms with Crippen LogP contribution in [0.2, 0.25) is 0 Å². The number of benzene rings is 1. The lowest BCUT2D eigenvalue weighted by molar-refractivity contribution is 0.410. The first-order valence-electron chi connectivity index (χ1n) is 7.19. The lowest BCUT2D eigenvalue weighted by Crippen LogP contribution is -2.24. The summed E-state index contributed by atoms with van der Waals surface area (Å²) in [6.07, 6.45) is 5.67. The van der Waals surface area contributed by atoms with Gasteiger partial charge in [0.1, 0.15) is 5.75 Å². The minimum absolute atomic E-state index is 0.238. The molecule has 3 nitrogen and oxygen atoms in total. The van der Waals surface area contributed by atoms with Crippen molar-refractivity contribution in [3.63, 3.8) is 0 Å². The van der Waals surface area contributed by atoms with Crippen LogP contribution < -0.4 is 10.1 Å². The van der Waals surface area contributed by atoms with Crippen LogP contribution in [0.15, 0.2) is 47.2 Å². The van der Waals surface area contributed by atoms with E-state index in [-0.39, 0.29) is 6.04 Å². The van der Waals surface area contributed by atoms with Gasteiger partial charge in [-0.25, -0.2) is 0 Å². The highest BCUT2D eigenvalue weighted by atomic mass is 79.9. The average molecular weight is 349 g/mol. The number of pyridine rings is 1. The van der Waals surface area contributed by atoms with Crippen molar-refractivity contribution in [3.8, 4) is 5.75 Å². The Kier molecular flexibility index (Phi) is 6.21. The van der Waals surface area contributed by atoms with Crippen molar-refractivity contribution >= 4 is 15.9 Å². The van der Waals surface area contributed by atoms with E-state index in [0.717, 1.165) is 35.2 Å². The number of hydrogen-bond acceptors (Lipinski definition) is 3. The molecule has 1 atom stereocenters. The number of rotatable bonds is 7. The van der Waals surface area contributed by atoms with Crippen molar-refractivity contribution in [2.75, 3.05) is 13.7 Å². The number of halogens is 1. The molecule has 0 spiro atoms. The first-order valence-corrected chi connectivity index (χ1v) is 7.99. The van der Waals surface area contributed by atoms with Gasteiger partial charge >= 0.3 is 0 Å². The summed E-state index contributed by atoms with van der Waals surface area (Å²) in [5.74, 6) is 0.796. The second kappa shape index (κ2) is 8.15. The highest BCUT2D eigenvalue weighted by molar-refractivity contribution is 9.10. The van der Waals surface area contributed by atoms with Crippen LogP contribution in [0.1, 0.15) is 30.5 Å². The Morgan fingerprint density at radius 3 is 2.86 bits per heavy atom. The van der Waals surface area contributed by atoms with Gasteiger partial charge < -0.3 is 10.1 Å². The van der Waals surface area contributed by atoms with Crippen molar-refractivity contribution in [1.29, 1.82) is 0 Å². The van der Waals surface area contributed by atoms with Gasteiger partial charge in [0, 0.05) is 16.7 Å². The Labute approximate surface area is 134 Å². The molecule has 0 fully saturated rings. The smallest absolute Gasteiger partial charge is 0.137 e.